The molecule has 2 rings (SSSR count). The summed E-state index contributed by atoms with van der Waals surface area (Å²) in [6, 6.07) is 3.93. The summed E-state index contributed by atoms with van der Waals surface area (Å²) in [5.41, 5.74) is 0.440. The predicted octanol–water partition coefficient (Wildman–Crippen LogP) is 1.04. The molecule has 0 aliphatic carbocycles. The van der Waals surface area contributed by atoms with E-state index in [0.29, 0.717) is 5.56 Å². The van der Waals surface area contributed by atoms with E-state index in [4.69, 9.17) is 9.63 Å². The van der Waals surface area contributed by atoms with Gasteiger partial charge in [-0.05, 0) is 6.07 Å². The Hall–Kier alpha value is -2.17. The van der Waals surface area contributed by atoms with Crippen LogP contribution < -0.4 is 0 Å². The molecule has 0 atom stereocenters. The minimum atomic E-state index is -1.05. The van der Waals surface area contributed by atoms with Crippen molar-refractivity contribution in [1.29, 1.82) is 0 Å². The lowest BCUT2D eigenvalue weighted by Gasteiger charge is -1.99. The monoisotopic (exact) mass is 188 g/mol. The van der Waals surface area contributed by atoms with E-state index < -0.39 is 5.97 Å². The molecule has 0 aliphatic heterocycles. The van der Waals surface area contributed by atoms with E-state index in [9.17, 15) is 4.79 Å². The fourth-order valence-electron chi connectivity index (χ4n) is 1.04. The van der Waals surface area contributed by atoms with Crippen molar-refractivity contribution < 1.29 is 14.4 Å². The Kier molecular flexibility index (Phi) is 1.98. The summed E-state index contributed by atoms with van der Waals surface area (Å²) in [6.07, 6.45) is 5.11. The number of rotatable bonds is 2. The standard InChI is InChI=1S/C9H4N2O3/c12-9(13)6-1-3-10-5-7(6)8-2-4-11-14-8/h1,3,5H,(H,12,13). The molecule has 5 nitrogen and oxygen atoms in total. The number of carboxylic acid groups (broad SMARTS) is 1. The topological polar surface area (TPSA) is 76.2 Å². The van der Waals surface area contributed by atoms with E-state index in [0.717, 1.165) is 0 Å². The normalized spacial score (nSPS) is 10.0. The number of aromatic nitrogens is 2. The molecule has 1 N–H and O–H groups in total. The first-order chi connectivity index (χ1) is 6.79. The first kappa shape index (κ1) is 8.43. The SMILES string of the molecule is O=C(O)c1ccncc1-c1[c][c]no1. The zero-order valence-corrected chi connectivity index (χ0v) is 6.89. The maximum Gasteiger partial charge on any atom is 0.336 e. The second kappa shape index (κ2) is 3.29. The third-order valence-electron chi connectivity index (χ3n) is 1.65. The fourth-order valence-corrected chi connectivity index (χ4v) is 1.04. The number of aromatic carboxylic acids is 1. The molecule has 2 heterocycles. The maximum absolute atomic E-state index is 10.8. The van der Waals surface area contributed by atoms with E-state index in [1.807, 2.05) is 0 Å². The largest absolute Gasteiger partial charge is 0.478 e. The van der Waals surface area contributed by atoms with Crippen LogP contribution in [0.15, 0.2) is 23.0 Å². The van der Waals surface area contributed by atoms with Gasteiger partial charge in [0.1, 0.15) is 6.20 Å². The van der Waals surface area contributed by atoms with Crippen molar-refractivity contribution in [3.05, 3.63) is 36.3 Å². The Morgan fingerprint density at radius 3 is 3.07 bits per heavy atom. The molecule has 0 spiro atoms. The second-order valence-electron chi connectivity index (χ2n) is 2.47. The van der Waals surface area contributed by atoms with Crippen molar-refractivity contribution >= 4 is 5.97 Å². The van der Waals surface area contributed by atoms with Crippen LogP contribution in [0.2, 0.25) is 0 Å². The van der Waals surface area contributed by atoms with Gasteiger partial charge in [-0.3, -0.25) is 4.98 Å². The van der Waals surface area contributed by atoms with Crippen molar-refractivity contribution in [2.24, 2.45) is 0 Å². The molecule has 0 saturated heterocycles. The molecule has 2 aromatic rings. The van der Waals surface area contributed by atoms with Gasteiger partial charge in [0, 0.05) is 12.4 Å². The van der Waals surface area contributed by atoms with Crippen molar-refractivity contribution in [3.63, 3.8) is 0 Å². The van der Waals surface area contributed by atoms with E-state index in [-0.39, 0.29) is 11.3 Å². The Morgan fingerprint density at radius 1 is 1.57 bits per heavy atom. The molecule has 0 amide bonds. The average molecular weight is 188 g/mol. The number of pyridine rings is 1. The molecule has 2 radical (unpaired) electrons. The van der Waals surface area contributed by atoms with Crippen LogP contribution in [-0.4, -0.2) is 21.2 Å². The highest BCUT2D eigenvalue weighted by atomic mass is 16.5. The first-order valence-corrected chi connectivity index (χ1v) is 3.72. The van der Waals surface area contributed by atoms with Crippen LogP contribution in [0.1, 0.15) is 10.4 Å². The smallest absolute Gasteiger partial charge is 0.336 e. The highest BCUT2D eigenvalue weighted by Gasteiger charge is 2.13. The molecule has 68 valence electrons. The van der Waals surface area contributed by atoms with Crippen molar-refractivity contribution in [1.82, 2.24) is 10.1 Å². The molecule has 0 saturated carbocycles. The lowest BCUT2D eigenvalue weighted by Crippen LogP contribution is -1.99. The molecule has 2 aromatic heterocycles. The highest BCUT2D eigenvalue weighted by molar-refractivity contribution is 5.94. The fraction of sp³-hybridized carbons (Fsp3) is 0. The van der Waals surface area contributed by atoms with E-state index in [2.05, 4.69) is 22.4 Å². The summed E-state index contributed by atoms with van der Waals surface area (Å²) in [4.78, 5) is 14.6. The van der Waals surface area contributed by atoms with Gasteiger partial charge in [0.15, 0.2) is 5.76 Å². The summed E-state index contributed by atoms with van der Waals surface area (Å²) in [7, 11) is 0. The van der Waals surface area contributed by atoms with Gasteiger partial charge in [-0.15, -0.1) is 0 Å². The minimum absolute atomic E-state index is 0.0985. The second-order valence-corrected chi connectivity index (χ2v) is 2.47. The Morgan fingerprint density at radius 2 is 2.43 bits per heavy atom. The lowest BCUT2D eigenvalue weighted by molar-refractivity contribution is 0.0697. The third-order valence-corrected chi connectivity index (χ3v) is 1.65. The van der Waals surface area contributed by atoms with Gasteiger partial charge in [-0.1, -0.05) is 5.16 Å². The van der Waals surface area contributed by atoms with Crippen LogP contribution in [-0.2, 0) is 0 Å². The summed E-state index contributed by atoms with van der Waals surface area (Å²) in [5, 5.41) is 12.2. The van der Waals surface area contributed by atoms with Gasteiger partial charge >= 0.3 is 5.97 Å². The molecule has 14 heavy (non-hydrogen) atoms. The van der Waals surface area contributed by atoms with Gasteiger partial charge < -0.3 is 9.63 Å². The lowest BCUT2D eigenvalue weighted by atomic mass is 10.1. The predicted molar refractivity (Wildman–Crippen MR) is 44.4 cm³/mol. The van der Waals surface area contributed by atoms with Gasteiger partial charge in [0.25, 0.3) is 0 Å². The Balaban J connectivity index is 2.58. The molecule has 0 aromatic carbocycles. The quantitative estimate of drug-likeness (QED) is 0.761. The summed E-state index contributed by atoms with van der Waals surface area (Å²) >= 11 is 0. The number of nitrogens with zero attached hydrogens (tertiary/aromatic N) is 2. The molecule has 5 heteroatoms. The number of carboxylic acids is 1. The minimum Gasteiger partial charge on any atom is -0.478 e. The molecule has 0 unspecified atom stereocenters. The summed E-state index contributed by atoms with van der Waals surface area (Å²) in [5.74, 6) is -0.831. The third kappa shape index (κ3) is 1.35. The molecule has 0 aliphatic rings. The van der Waals surface area contributed by atoms with Crippen molar-refractivity contribution in [2.75, 3.05) is 0 Å². The summed E-state index contributed by atoms with van der Waals surface area (Å²) < 4.78 is 4.75. The van der Waals surface area contributed by atoms with Crippen LogP contribution in [0.25, 0.3) is 11.3 Å². The van der Waals surface area contributed by atoms with Crippen LogP contribution >= 0.6 is 0 Å². The molecule has 0 fully saturated rings. The Bertz CT molecular complexity index is 451. The van der Waals surface area contributed by atoms with Crippen molar-refractivity contribution in [2.45, 2.75) is 0 Å². The van der Waals surface area contributed by atoms with Gasteiger partial charge in [0.05, 0.1) is 17.2 Å². The highest BCUT2D eigenvalue weighted by Crippen LogP contribution is 2.21. The van der Waals surface area contributed by atoms with Crippen LogP contribution in [0.4, 0.5) is 0 Å². The number of hydrogen-bond acceptors (Lipinski definition) is 4. The van der Waals surface area contributed by atoms with Gasteiger partial charge in [-0.25, -0.2) is 4.79 Å². The molecular formula is C9H4N2O3. The van der Waals surface area contributed by atoms with E-state index >= 15 is 0 Å². The maximum atomic E-state index is 10.8. The van der Waals surface area contributed by atoms with E-state index in [1.165, 1.54) is 18.5 Å². The first-order valence-electron chi connectivity index (χ1n) is 3.72. The number of hydrogen-bond donors (Lipinski definition) is 1. The zero-order valence-electron chi connectivity index (χ0n) is 6.89. The average Bonchev–Trinajstić information content (AvgIpc) is 2.70. The van der Waals surface area contributed by atoms with Crippen molar-refractivity contribution in [3.8, 4) is 11.3 Å². The number of carbonyl (C=O) groups is 1. The van der Waals surface area contributed by atoms with Gasteiger partial charge in [0.2, 0.25) is 0 Å². The molecule has 0 bridgehead atoms. The molecular weight excluding hydrogens is 184 g/mol. The van der Waals surface area contributed by atoms with Crippen LogP contribution in [0.3, 0.4) is 0 Å². The van der Waals surface area contributed by atoms with Crippen LogP contribution in [0.5, 0.6) is 0 Å². The van der Waals surface area contributed by atoms with Crippen LogP contribution in [0, 0.1) is 12.3 Å². The van der Waals surface area contributed by atoms with Gasteiger partial charge in [-0.2, -0.15) is 0 Å². The zero-order chi connectivity index (χ0) is 9.97. The Labute approximate surface area is 79.0 Å². The summed E-state index contributed by atoms with van der Waals surface area (Å²) in [6.45, 7) is 0. The van der Waals surface area contributed by atoms with E-state index in [1.54, 1.807) is 0 Å².